The van der Waals surface area contributed by atoms with E-state index in [1.807, 2.05) is 12.1 Å². The fraction of sp³-hybridized carbons (Fsp3) is 0.533. The average molecular weight is 231 g/mol. The molecule has 92 valence electrons. The average Bonchev–Trinajstić information content (AvgIpc) is 2.37. The summed E-state index contributed by atoms with van der Waals surface area (Å²) in [7, 11) is 0. The van der Waals surface area contributed by atoms with Crippen molar-refractivity contribution in [1.82, 2.24) is 0 Å². The fourth-order valence-corrected chi connectivity index (χ4v) is 1.63. The van der Waals surface area contributed by atoms with Crippen molar-refractivity contribution in [3.8, 4) is 11.8 Å². The Morgan fingerprint density at radius 2 is 1.88 bits per heavy atom. The van der Waals surface area contributed by atoms with E-state index in [4.69, 9.17) is 10.00 Å². The molecule has 0 radical (unpaired) electrons. The first-order valence-electron chi connectivity index (χ1n) is 6.45. The van der Waals surface area contributed by atoms with Gasteiger partial charge in [-0.2, -0.15) is 5.26 Å². The minimum Gasteiger partial charge on any atom is -0.494 e. The molecule has 2 heteroatoms. The second kappa shape index (κ2) is 8.64. The highest BCUT2D eigenvalue weighted by molar-refractivity contribution is 5.27. The number of nitriles is 1. The van der Waals surface area contributed by atoms with Crippen molar-refractivity contribution >= 4 is 0 Å². The largest absolute Gasteiger partial charge is 0.494 e. The Hall–Kier alpha value is -1.49. The van der Waals surface area contributed by atoms with Gasteiger partial charge in [-0.1, -0.05) is 25.5 Å². The molecule has 2 nitrogen and oxygen atoms in total. The van der Waals surface area contributed by atoms with Crippen LogP contribution in [0.1, 0.15) is 44.6 Å². The van der Waals surface area contributed by atoms with Crippen molar-refractivity contribution in [3.05, 3.63) is 29.8 Å². The molecular weight excluding hydrogens is 210 g/mol. The summed E-state index contributed by atoms with van der Waals surface area (Å²) in [5.74, 6) is 0.933. The van der Waals surface area contributed by atoms with Gasteiger partial charge in [0.05, 0.1) is 12.7 Å². The molecule has 0 saturated heterocycles. The molecule has 0 aliphatic rings. The summed E-state index contributed by atoms with van der Waals surface area (Å²) in [4.78, 5) is 0. The van der Waals surface area contributed by atoms with Crippen LogP contribution in [0.5, 0.6) is 5.75 Å². The summed E-state index contributed by atoms with van der Waals surface area (Å²) in [5, 5.41) is 8.39. The van der Waals surface area contributed by atoms with E-state index in [1.54, 1.807) is 0 Å². The monoisotopic (exact) mass is 231 g/mol. The fourth-order valence-electron chi connectivity index (χ4n) is 1.63. The highest BCUT2D eigenvalue weighted by Gasteiger charge is 1.96. The van der Waals surface area contributed by atoms with Gasteiger partial charge in [-0.3, -0.25) is 0 Å². The lowest BCUT2D eigenvalue weighted by atomic mass is 10.1. The molecule has 17 heavy (non-hydrogen) atoms. The summed E-state index contributed by atoms with van der Waals surface area (Å²) in [6.45, 7) is 2.91. The molecule has 1 aromatic rings. The van der Waals surface area contributed by atoms with Crippen LogP contribution in [0.15, 0.2) is 24.3 Å². The van der Waals surface area contributed by atoms with Gasteiger partial charge in [-0.15, -0.1) is 0 Å². The zero-order chi connectivity index (χ0) is 12.3. The number of aryl methyl sites for hydroxylation is 1. The van der Waals surface area contributed by atoms with Crippen LogP contribution in [0.3, 0.4) is 0 Å². The molecule has 1 rings (SSSR count). The zero-order valence-electron chi connectivity index (χ0n) is 10.6. The standard InChI is InChI=1S/C15H21NO/c1-2-3-7-14-8-10-15(11-9-14)17-13-6-4-5-12-16/h8-11H,2-7,13H2,1H3. The van der Waals surface area contributed by atoms with E-state index in [1.165, 1.54) is 18.4 Å². The third kappa shape index (κ3) is 5.97. The summed E-state index contributed by atoms with van der Waals surface area (Å²) in [6.07, 6.45) is 6.13. The molecule has 0 fully saturated rings. The summed E-state index contributed by atoms with van der Waals surface area (Å²) >= 11 is 0. The van der Waals surface area contributed by atoms with E-state index in [9.17, 15) is 0 Å². The lowest BCUT2D eigenvalue weighted by Gasteiger charge is -2.06. The van der Waals surface area contributed by atoms with Crippen molar-refractivity contribution in [3.63, 3.8) is 0 Å². The zero-order valence-corrected chi connectivity index (χ0v) is 10.6. The van der Waals surface area contributed by atoms with E-state index in [-0.39, 0.29) is 0 Å². The van der Waals surface area contributed by atoms with Gasteiger partial charge < -0.3 is 4.74 Å². The maximum absolute atomic E-state index is 8.39. The van der Waals surface area contributed by atoms with E-state index in [0.29, 0.717) is 13.0 Å². The van der Waals surface area contributed by atoms with Gasteiger partial charge in [-0.25, -0.2) is 0 Å². The van der Waals surface area contributed by atoms with Gasteiger partial charge in [0.25, 0.3) is 0 Å². The molecule has 0 bridgehead atoms. The number of hydrogen-bond donors (Lipinski definition) is 0. The molecule has 1 aromatic carbocycles. The number of nitrogens with zero attached hydrogens (tertiary/aromatic N) is 1. The molecule has 0 spiro atoms. The third-order valence-electron chi connectivity index (χ3n) is 2.69. The summed E-state index contributed by atoms with van der Waals surface area (Å²) in [6, 6.07) is 10.5. The predicted molar refractivity (Wildman–Crippen MR) is 70.0 cm³/mol. The summed E-state index contributed by atoms with van der Waals surface area (Å²) < 4.78 is 5.60. The minimum absolute atomic E-state index is 0.624. The normalized spacial score (nSPS) is 9.88. The van der Waals surface area contributed by atoms with Crippen molar-refractivity contribution in [2.45, 2.75) is 45.4 Å². The van der Waals surface area contributed by atoms with E-state index in [0.717, 1.165) is 25.0 Å². The van der Waals surface area contributed by atoms with Crippen LogP contribution in [0.2, 0.25) is 0 Å². The second-order valence-corrected chi connectivity index (χ2v) is 4.21. The Kier molecular flexibility index (Phi) is 6.90. The quantitative estimate of drug-likeness (QED) is 0.631. The Balaban J connectivity index is 2.23. The van der Waals surface area contributed by atoms with Gasteiger partial charge >= 0.3 is 0 Å². The number of rotatable bonds is 8. The van der Waals surface area contributed by atoms with Crippen LogP contribution < -0.4 is 4.74 Å². The maximum Gasteiger partial charge on any atom is 0.119 e. The molecule has 0 aliphatic carbocycles. The molecule has 0 unspecified atom stereocenters. The van der Waals surface area contributed by atoms with E-state index in [2.05, 4.69) is 25.1 Å². The second-order valence-electron chi connectivity index (χ2n) is 4.21. The number of unbranched alkanes of at least 4 members (excludes halogenated alkanes) is 3. The van der Waals surface area contributed by atoms with Gasteiger partial charge in [0, 0.05) is 6.42 Å². The smallest absolute Gasteiger partial charge is 0.119 e. The Labute approximate surface area is 104 Å². The lowest BCUT2D eigenvalue weighted by Crippen LogP contribution is -1.97. The van der Waals surface area contributed by atoms with Gasteiger partial charge in [-0.05, 0) is 43.4 Å². The van der Waals surface area contributed by atoms with Crippen LogP contribution in [0.4, 0.5) is 0 Å². The highest BCUT2D eigenvalue weighted by atomic mass is 16.5. The molecule has 0 amide bonds. The predicted octanol–water partition coefficient (Wildman–Crippen LogP) is 4.10. The molecule has 0 aromatic heterocycles. The number of hydrogen-bond acceptors (Lipinski definition) is 2. The molecule has 0 N–H and O–H groups in total. The van der Waals surface area contributed by atoms with Gasteiger partial charge in [0.15, 0.2) is 0 Å². The molecule has 0 aliphatic heterocycles. The number of benzene rings is 1. The van der Waals surface area contributed by atoms with Crippen LogP contribution in [-0.2, 0) is 6.42 Å². The maximum atomic E-state index is 8.39. The van der Waals surface area contributed by atoms with Crippen molar-refractivity contribution in [2.75, 3.05) is 6.61 Å². The molecule has 0 heterocycles. The van der Waals surface area contributed by atoms with Crippen molar-refractivity contribution < 1.29 is 4.74 Å². The van der Waals surface area contributed by atoms with Crippen LogP contribution in [-0.4, -0.2) is 6.61 Å². The van der Waals surface area contributed by atoms with Crippen molar-refractivity contribution in [1.29, 1.82) is 5.26 Å². The van der Waals surface area contributed by atoms with Gasteiger partial charge in [0.1, 0.15) is 5.75 Å². The summed E-state index contributed by atoms with van der Waals surface area (Å²) in [5.41, 5.74) is 1.38. The number of ether oxygens (including phenoxy) is 1. The first-order valence-corrected chi connectivity index (χ1v) is 6.45. The first kappa shape index (κ1) is 13.6. The van der Waals surface area contributed by atoms with Crippen LogP contribution in [0.25, 0.3) is 0 Å². The molecular formula is C15H21NO. The Morgan fingerprint density at radius 3 is 2.53 bits per heavy atom. The SMILES string of the molecule is CCCCc1ccc(OCCCCC#N)cc1. The highest BCUT2D eigenvalue weighted by Crippen LogP contribution is 2.14. The van der Waals surface area contributed by atoms with Crippen LogP contribution in [0, 0.1) is 11.3 Å². The topological polar surface area (TPSA) is 33.0 Å². The van der Waals surface area contributed by atoms with Crippen molar-refractivity contribution in [2.24, 2.45) is 0 Å². The van der Waals surface area contributed by atoms with E-state index >= 15 is 0 Å². The lowest BCUT2D eigenvalue weighted by molar-refractivity contribution is 0.307. The third-order valence-corrected chi connectivity index (χ3v) is 2.69. The van der Waals surface area contributed by atoms with Crippen LogP contribution >= 0.6 is 0 Å². The van der Waals surface area contributed by atoms with Gasteiger partial charge in [0.2, 0.25) is 0 Å². The Bertz CT molecular complexity index is 337. The molecule has 0 saturated carbocycles. The first-order chi connectivity index (χ1) is 8.36. The minimum atomic E-state index is 0.624. The Morgan fingerprint density at radius 1 is 1.12 bits per heavy atom. The van der Waals surface area contributed by atoms with E-state index < -0.39 is 0 Å². The molecule has 0 atom stereocenters.